The Morgan fingerprint density at radius 2 is 1.45 bits per heavy atom. The minimum atomic E-state index is 0.712. The molecular weight excluding hydrogens is 331 g/mol. The van der Waals surface area contributed by atoms with Crippen LogP contribution in [0.2, 0.25) is 10.0 Å². The lowest BCUT2D eigenvalue weighted by molar-refractivity contribution is 1.15. The first kappa shape index (κ1) is 13.9. The third-order valence-corrected chi connectivity index (χ3v) is 4.99. The van der Waals surface area contributed by atoms with Gasteiger partial charge in [-0.2, -0.15) is 0 Å². The Hall–Kier alpha value is -1.07. The van der Waals surface area contributed by atoms with Crippen molar-refractivity contribution >= 4 is 46.5 Å². The van der Waals surface area contributed by atoms with Crippen LogP contribution >= 0.6 is 46.5 Å². The summed E-state index contributed by atoms with van der Waals surface area (Å²) < 4.78 is 5.10. The van der Waals surface area contributed by atoms with Gasteiger partial charge in [0, 0.05) is 20.5 Å². The molecular formula is C14H8Cl2N2S2. The summed E-state index contributed by atoms with van der Waals surface area (Å²) in [6, 6.07) is 15.3. The molecule has 0 aliphatic rings. The van der Waals surface area contributed by atoms with Gasteiger partial charge in [0.25, 0.3) is 0 Å². The van der Waals surface area contributed by atoms with Crippen molar-refractivity contribution in [2.24, 2.45) is 0 Å². The van der Waals surface area contributed by atoms with Gasteiger partial charge in [0.1, 0.15) is 9.90 Å². The fraction of sp³-hybridized carbons (Fsp3) is 0. The summed E-state index contributed by atoms with van der Waals surface area (Å²) >= 11 is 14.8. The zero-order valence-electron chi connectivity index (χ0n) is 10.1. The Morgan fingerprint density at radius 1 is 0.850 bits per heavy atom. The Kier molecular flexibility index (Phi) is 4.27. The highest BCUT2D eigenvalue weighted by molar-refractivity contribution is 8.01. The van der Waals surface area contributed by atoms with Crippen molar-refractivity contribution in [1.82, 2.24) is 9.59 Å². The largest absolute Gasteiger partial charge is 0.137 e. The average Bonchev–Trinajstić information content (AvgIpc) is 2.90. The van der Waals surface area contributed by atoms with Crippen LogP contribution in [0.5, 0.6) is 0 Å². The van der Waals surface area contributed by atoms with Crippen LogP contribution in [0.3, 0.4) is 0 Å². The zero-order chi connectivity index (χ0) is 13.9. The Labute approximate surface area is 134 Å². The Bertz CT molecular complexity index is 709. The van der Waals surface area contributed by atoms with Gasteiger partial charge in [-0.05, 0) is 47.9 Å². The second-order valence-corrected chi connectivity index (χ2v) is 6.94. The lowest BCUT2D eigenvalue weighted by atomic mass is 10.2. The maximum Gasteiger partial charge on any atom is 0.119 e. The highest BCUT2D eigenvalue weighted by atomic mass is 35.5. The summed E-state index contributed by atoms with van der Waals surface area (Å²) in [5.74, 6) is 0. The summed E-state index contributed by atoms with van der Waals surface area (Å²) in [5, 5.41) is 5.65. The molecule has 1 heterocycles. The van der Waals surface area contributed by atoms with Crippen molar-refractivity contribution < 1.29 is 0 Å². The van der Waals surface area contributed by atoms with E-state index in [0.29, 0.717) is 5.02 Å². The molecule has 0 atom stereocenters. The molecule has 0 radical (unpaired) electrons. The molecule has 0 saturated heterocycles. The SMILES string of the molecule is Clc1ccc(Sc2snnc2-c2ccc(Cl)cc2)cc1. The molecule has 0 spiro atoms. The van der Waals surface area contributed by atoms with Crippen molar-refractivity contribution in [1.29, 1.82) is 0 Å². The van der Waals surface area contributed by atoms with Gasteiger partial charge in [-0.15, -0.1) is 5.10 Å². The van der Waals surface area contributed by atoms with E-state index < -0.39 is 0 Å². The third-order valence-electron chi connectivity index (χ3n) is 2.60. The first-order valence-electron chi connectivity index (χ1n) is 5.74. The van der Waals surface area contributed by atoms with Gasteiger partial charge in [-0.3, -0.25) is 0 Å². The monoisotopic (exact) mass is 338 g/mol. The first-order chi connectivity index (χ1) is 9.72. The molecule has 1 aromatic heterocycles. The molecule has 0 unspecified atom stereocenters. The molecule has 0 aliphatic heterocycles. The molecule has 3 aromatic rings. The van der Waals surface area contributed by atoms with Crippen LogP contribution in [0.1, 0.15) is 0 Å². The maximum absolute atomic E-state index is 5.91. The predicted octanol–water partition coefficient (Wildman–Crippen LogP) is 5.66. The highest BCUT2D eigenvalue weighted by Crippen LogP contribution is 2.37. The minimum Gasteiger partial charge on any atom is -0.137 e. The van der Waals surface area contributed by atoms with E-state index in [1.54, 1.807) is 11.8 Å². The van der Waals surface area contributed by atoms with E-state index in [0.717, 1.165) is 25.4 Å². The lowest BCUT2D eigenvalue weighted by Crippen LogP contribution is -1.80. The Balaban J connectivity index is 1.90. The summed E-state index contributed by atoms with van der Waals surface area (Å²) in [4.78, 5) is 1.11. The number of benzene rings is 2. The van der Waals surface area contributed by atoms with Gasteiger partial charge in [0.2, 0.25) is 0 Å². The number of halogens is 2. The van der Waals surface area contributed by atoms with E-state index in [1.165, 1.54) is 11.5 Å². The van der Waals surface area contributed by atoms with Gasteiger partial charge in [0.15, 0.2) is 0 Å². The quantitative estimate of drug-likeness (QED) is 0.615. The first-order valence-corrected chi connectivity index (χ1v) is 8.09. The molecule has 0 amide bonds. The third kappa shape index (κ3) is 3.15. The normalized spacial score (nSPS) is 10.7. The van der Waals surface area contributed by atoms with Crippen molar-refractivity contribution in [2.75, 3.05) is 0 Å². The molecule has 2 aromatic carbocycles. The van der Waals surface area contributed by atoms with Gasteiger partial charge in [0.05, 0.1) is 0 Å². The van der Waals surface area contributed by atoms with Crippen LogP contribution < -0.4 is 0 Å². The predicted molar refractivity (Wildman–Crippen MR) is 85.9 cm³/mol. The summed E-state index contributed by atoms with van der Waals surface area (Å²) in [6.45, 7) is 0. The number of hydrogen-bond donors (Lipinski definition) is 0. The van der Waals surface area contributed by atoms with Crippen molar-refractivity contribution in [3.63, 3.8) is 0 Å². The highest BCUT2D eigenvalue weighted by Gasteiger charge is 2.11. The van der Waals surface area contributed by atoms with Crippen LogP contribution in [0.25, 0.3) is 11.3 Å². The van der Waals surface area contributed by atoms with E-state index >= 15 is 0 Å². The molecule has 2 nitrogen and oxygen atoms in total. The van der Waals surface area contributed by atoms with Crippen LogP contribution in [0, 0.1) is 0 Å². The van der Waals surface area contributed by atoms with Gasteiger partial charge in [-0.25, -0.2) is 0 Å². The Morgan fingerprint density at radius 3 is 2.10 bits per heavy atom. The summed E-state index contributed by atoms with van der Waals surface area (Å²) in [5.41, 5.74) is 1.89. The second kappa shape index (κ2) is 6.14. The van der Waals surface area contributed by atoms with Crippen LogP contribution in [-0.4, -0.2) is 9.59 Å². The van der Waals surface area contributed by atoms with E-state index in [4.69, 9.17) is 23.2 Å². The molecule has 0 fully saturated rings. The maximum atomic E-state index is 5.91. The standard InChI is InChI=1S/C14H8Cl2N2S2/c15-10-3-1-9(2-4-10)13-14(20-18-17-13)19-12-7-5-11(16)6-8-12/h1-8H. The van der Waals surface area contributed by atoms with Gasteiger partial charge in [-0.1, -0.05) is 51.6 Å². The minimum absolute atomic E-state index is 0.712. The van der Waals surface area contributed by atoms with Crippen LogP contribution in [-0.2, 0) is 0 Å². The van der Waals surface area contributed by atoms with Crippen LogP contribution in [0.4, 0.5) is 0 Å². The number of aromatic nitrogens is 2. The van der Waals surface area contributed by atoms with E-state index in [-0.39, 0.29) is 0 Å². The second-order valence-electron chi connectivity index (χ2n) is 3.97. The molecule has 0 bridgehead atoms. The molecule has 0 N–H and O–H groups in total. The average molecular weight is 339 g/mol. The molecule has 0 saturated carbocycles. The molecule has 3 rings (SSSR count). The molecule has 100 valence electrons. The fourth-order valence-corrected chi connectivity index (χ4v) is 3.62. The van der Waals surface area contributed by atoms with Crippen molar-refractivity contribution in [3.8, 4) is 11.3 Å². The number of hydrogen-bond acceptors (Lipinski definition) is 4. The number of rotatable bonds is 3. The van der Waals surface area contributed by atoms with Crippen molar-refractivity contribution in [2.45, 2.75) is 9.10 Å². The van der Waals surface area contributed by atoms with E-state index in [2.05, 4.69) is 9.59 Å². The van der Waals surface area contributed by atoms with Gasteiger partial charge < -0.3 is 0 Å². The number of nitrogens with zero attached hydrogens (tertiary/aromatic N) is 2. The molecule has 20 heavy (non-hydrogen) atoms. The van der Waals surface area contributed by atoms with Crippen molar-refractivity contribution in [3.05, 3.63) is 58.6 Å². The van der Waals surface area contributed by atoms with E-state index in [1.807, 2.05) is 48.5 Å². The summed E-state index contributed by atoms with van der Waals surface area (Å²) in [6.07, 6.45) is 0. The van der Waals surface area contributed by atoms with E-state index in [9.17, 15) is 0 Å². The molecule has 6 heteroatoms. The summed E-state index contributed by atoms with van der Waals surface area (Å²) in [7, 11) is 0. The zero-order valence-corrected chi connectivity index (χ0v) is 13.2. The molecule has 0 aliphatic carbocycles. The smallest absolute Gasteiger partial charge is 0.119 e. The van der Waals surface area contributed by atoms with Gasteiger partial charge >= 0.3 is 0 Å². The topological polar surface area (TPSA) is 25.8 Å². The fourth-order valence-electron chi connectivity index (χ4n) is 1.64. The lowest BCUT2D eigenvalue weighted by Gasteiger charge is -2.02. The van der Waals surface area contributed by atoms with Crippen LogP contribution in [0.15, 0.2) is 57.6 Å².